The van der Waals surface area contributed by atoms with E-state index in [1.807, 2.05) is 7.05 Å². The summed E-state index contributed by atoms with van der Waals surface area (Å²) in [5.41, 5.74) is 2.51. The fraction of sp³-hybridized carbons (Fsp3) is 0.667. The number of rotatable bonds is 5. The highest BCUT2D eigenvalue weighted by Crippen LogP contribution is 2.19. The van der Waals surface area contributed by atoms with Crippen LogP contribution < -0.4 is 10.2 Å². The lowest BCUT2D eigenvalue weighted by atomic mass is 10.1. The van der Waals surface area contributed by atoms with Crippen molar-refractivity contribution in [2.45, 2.75) is 39.3 Å². The van der Waals surface area contributed by atoms with Crippen molar-refractivity contribution in [3.05, 3.63) is 23.4 Å². The lowest BCUT2D eigenvalue weighted by Gasteiger charge is -2.32. The molecule has 2 rings (SSSR count). The van der Waals surface area contributed by atoms with E-state index in [0.29, 0.717) is 0 Å². The molecule has 19 heavy (non-hydrogen) atoms. The summed E-state index contributed by atoms with van der Waals surface area (Å²) in [6.45, 7) is 7.88. The second-order valence-electron chi connectivity index (χ2n) is 5.23. The largest absolute Gasteiger partial charge is 0.375 e. The van der Waals surface area contributed by atoms with Crippen LogP contribution in [0.1, 0.15) is 31.5 Å². The van der Waals surface area contributed by atoms with Crippen LogP contribution >= 0.6 is 0 Å². The van der Waals surface area contributed by atoms with Crippen molar-refractivity contribution in [1.29, 1.82) is 0 Å². The van der Waals surface area contributed by atoms with Gasteiger partial charge < -0.3 is 15.0 Å². The number of hydrogen-bond donors (Lipinski definition) is 1. The number of anilines is 1. The van der Waals surface area contributed by atoms with Gasteiger partial charge in [-0.3, -0.25) is 0 Å². The maximum atomic E-state index is 5.60. The summed E-state index contributed by atoms with van der Waals surface area (Å²) in [5, 5.41) is 3.22. The number of nitrogens with one attached hydrogen (secondary N) is 1. The van der Waals surface area contributed by atoms with Crippen LogP contribution in [0.15, 0.2) is 12.1 Å². The van der Waals surface area contributed by atoms with E-state index in [4.69, 9.17) is 9.72 Å². The lowest BCUT2D eigenvalue weighted by molar-refractivity contribution is 0.0529. The highest BCUT2D eigenvalue weighted by molar-refractivity contribution is 5.43. The van der Waals surface area contributed by atoms with Gasteiger partial charge in [0, 0.05) is 25.3 Å². The van der Waals surface area contributed by atoms with Gasteiger partial charge >= 0.3 is 0 Å². The molecule has 4 heteroatoms. The normalized spacial score (nSPS) is 19.7. The maximum Gasteiger partial charge on any atom is 0.129 e. The Morgan fingerprint density at radius 2 is 2.32 bits per heavy atom. The topological polar surface area (TPSA) is 37.4 Å². The third-order valence-corrected chi connectivity index (χ3v) is 3.38. The van der Waals surface area contributed by atoms with Gasteiger partial charge in [-0.25, -0.2) is 4.98 Å². The first-order valence-electron chi connectivity index (χ1n) is 7.24. The SMILES string of the molecule is CCCc1cc(CNC)cc(N2CCOC(C)C2)n1. The molecule has 0 spiro atoms. The van der Waals surface area contributed by atoms with Crippen LogP contribution in [0, 0.1) is 0 Å². The number of ether oxygens (including phenoxy) is 1. The Hall–Kier alpha value is -1.13. The van der Waals surface area contributed by atoms with E-state index in [2.05, 4.69) is 36.2 Å². The van der Waals surface area contributed by atoms with Gasteiger partial charge in [0.15, 0.2) is 0 Å². The minimum atomic E-state index is 0.290. The highest BCUT2D eigenvalue weighted by Gasteiger charge is 2.18. The van der Waals surface area contributed by atoms with Crippen LogP contribution in [0.25, 0.3) is 0 Å². The highest BCUT2D eigenvalue weighted by atomic mass is 16.5. The monoisotopic (exact) mass is 263 g/mol. The molecule has 1 unspecified atom stereocenters. The maximum absolute atomic E-state index is 5.60. The average molecular weight is 263 g/mol. The van der Waals surface area contributed by atoms with E-state index < -0.39 is 0 Å². The van der Waals surface area contributed by atoms with Gasteiger partial charge in [0.05, 0.1) is 12.7 Å². The molecular formula is C15H25N3O. The molecule has 0 bridgehead atoms. The Bertz CT molecular complexity index is 384. The Kier molecular flexibility index (Phi) is 5.16. The number of pyridine rings is 1. The first-order valence-corrected chi connectivity index (χ1v) is 7.24. The Morgan fingerprint density at radius 1 is 1.47 bits per heavy atom. The van der Waals surface area contributed by atoms with Crippen molar-refractivity contribution < 1.29 is 4.74 Å². The van der Waals surface area contributed by atoms with Gasteiger partial charge in [-0.1, -0.05) is 13.3 Å². The van der Waals surface area contributed by atoms with Crippen LogP contribution in [0.3, 0.4) is 0 Å². The van der Waals surface area contributed by atoms with Crippen molar-refractivity contribution in [3.63, 3.8) is 0 Å². The summed E-state index contributed by atoms with van der Waals surface area (Å²) in [5.74, 6) is 1.10. The van der Waals surface area contributed by atoms with Crippen molar-refractivity contribution in [1.82, 2.24) is 10.3 Å². The van der Waals surface area contributed by atoms with E-state index >= 15 is 0 Å². The fourth-order valence-electron chi connectivity index (χ4n) is 2.51. The molecule has 2 heterocycles. The molecule has 0 amide bonds. The summed E-state index contributed by atoms with van der Waals surface area (Å²) >= 11 is 0. The van der Waals surface area contributed by atoms with E-state index in [1.165, 1.54) is 11.3 Å². The molecule has 0 radical (unpaired) electrons. The third-order valence-electron chi connectivity index (χ3n) is 3.38. The fourth-order valence-corrected chi connectivity index (χ4v) is 2.51. The Labute approximate surface area is 116 Å². The van der Waals surface area contributed by atoms with Crippen LogP contribution in [-0.4, -0.2) is 37.8 Å². The Balaban J connectivity index is 2.21. The number of aromatic nitrogens is 1. The predicted molar refractivity (Wildman–Crippen MR) is 78.6 cm³/mol. The molecule has 1 saturated heterocycles. The van der Waals surface area contributed by atoms with E-state index in [0.717, 1.165) is 44.9 Å². The minimum Gasteiger partial charge on any atom is -0.375 e. The molecule has 1 fully saturated rings. The number of morpholine rings is 1. The molecule has 4 nitrogen and oxygen atoms in total. The molecule has 106 valence electrons. The second kappa shape index (κ2) is 6.87. The molecule has 1 aromatic heterocycles. The predicted octanol–water partition coefficient (Wildman–Crippen LogP) is 1.98. The summed E-state index contributed by atoms with van der Waals surface area (Å²) in [7, 11) is 1.98. The second-order valence-corrected chi connectivity index (χ2v) is 5.23. The van der Waals surface area contributed by atoms with Crippen molar-refractivity contribution in [2.75, 3.05) is 31.6 Å². The lowest BCUT2D eigenvalue weighted by Crippen LogP contribution is -2.41. The van der Waals surface area contributed by atoms with Crippen molar-refractivity contribution in [3.8, 4) is 0 Å². The molecule has 1 aliphatic heterocycles. The summed E-state index contributed by atoms with van der Waals surface area (Å²) < 4.78 is 5.60. The van der Waals surface area contributed by atoms with Crippen LogP contribution in [0.2, 0.25) is 0 Å². The van der Waals surface area contributed by atoms with Crippen molar-refractivity contribution in [2.24, 2.45) is 0 Å². The quantitative estimate of drug-likeness (QED) is 0.881. The van der Waals surface area contributed by atoms with Crippen LogP contribution in [-0.2, 0) is 17.7 Å². The van der Waals surface area contributed by atoms with Crippen molar-refractivity contribution >= 4 is 5.82 Å². The zero-order valence-electron chi connectivity index (χ0n) is 12.3. The Morgan fingerprint density at radius 3 is 3.00 bits per heavy atom. The third kappa shape index (κ3) is 3.91. The molecule has 0 aromatic carbocycles. The minimum absolute atomic E-state index is 0.290. The molecule has 1 N–H and O–H groups in total. The molecule has 1 aliphatic rings. The first-order chi connectivity index (χ1) is 9.22. The molecule has 1 aromatic rings. The summed E-state index contributed by atoms with van der Waals surface area (Å²) in [4.78, 5) is 7.15. The van der Waals surface area contributed by atoms with Gasteiger partial charge in [0.25, 0.3) is 0 Å². The number of aryl methyl sites for hydroxylation is 1. The first kappa shape index (κ1) is 14.3. The van der Waals surface area contributed by atoms with Crippen LogP contribution in [0.5, 0.6) is 0 Å². The molecular weight excluding hydrogens is 238 g/mol. The molecule has 0 aliphatic carbocycles. The van der Waals surface area contributed by atoms with E-state index in [-0.39, 0.29) is 6.10 Å². The van der Waals surface area contributed by atoms with Crippen LogP contribution in [0.4, 0.5) is 5.82 Å². The average Bonchev–Trinajstić information content (AvgIpc) is 2.39. The van der Waals surface area contributed by atoms with E-state index in [9.17, 15) is 0 Å². The molecule has 1 atom stereocenters. The zero-order chi connectivity index (χ0) is 13.7. The zero-order valence-corrected chi connectivity index (χ0v) is 12.3. The van der Waals surface area contributed by atoms with Gasteiger partial charge in [0.2, 0.25) is 0 Å². The standard InChI is InChI=1S/C15H25N3O/c1-4-5-14-8-13(10-16-3)9-15(17-14)18-6-7-19-12(2)11-18/h8-9,12,16H,4-7,10-11H2,1-3H3. The summed E-state index contributed by atoms with van der Waals surface area (Å²) in [6, 6.07) is 4.42. The smallest absolute Gasteiger partial charge is 0.129 e. The van der Waals surface area contributed by atoms with E-state index in [1.54, 1.807) is 0 Å². The van der Waals surface area contributed by atoms with Gasteiger partial charge in [0.1, 0.15) is 5.82 Å². The summed E-state index contributed by atoms with van der Waals surface area (Å²) in [6.07, 6.45) is 2.47. The molecule has 0 saturated carbocycles. The number of nitrogens with zero attached hydrogens (tertiary/aromatic N) is 2. The van der Waals surface area contributed by atoms with Gasteiger partial charge in [-0.2, -0.15) is 0 Å². The van der Waals surface area contributed by atoms with Gasteiger partial charge in [-0.15, -0.1) is 0 Å². The van der Waals surface area contributed by atoms with Gasteiger partial charge in [-0.05, 0) is 38.1 Å². The number of hydrogen-bond acceptors (Lipinski definition) is 4.